The van der Waals surface area contributed by atoms with Crippen molar-refractivity contribution < 1.29 is 14.0 Å². The van der Waals surface area contributed by atoms with E-state index in [4.69, 9.17) is 16.0 Å². The van der Waals surface area contributed by atoms with Gasteiger partial charge in [-0.05, 0) is 30.7 Å². The van der Waals surface area contributed by atoms with Gasteiger partial charge < -0.3 is 15.1 Å². The van der Waals surface area contributed by atoms with E-state index < -0.39 is 5.91 Å². The molecule has 2 N–H and O–H groups in total. The Labute approximate surface area is 121 Å². The van der Waals surface area contributed by atoms with Gasteiger partial charge in [-0.1, -0.05) is 18.5 Å². The molecular weight excluding hydrogens is 280 g/mol. The van der Waals surface area contributed by atoms with Gasteiger partial charge >= 0.3 is 0 Å². The van der Waals surface area contributed by atoms with Crippen LogP contribution in [0.3, 0.4) is 0 Å². The van der Waals surface area contributed by atoms with Gasteiger partial charge in [0.2, 0.25) is 5.91 Å². The second-order valence-corrected chi connectivity index (χ2v) is 4.76. The molecule has 0 saturated carbocycles. The first-order valence-electron chi connectivity index (χ1n) is 6.34. The number of carbonyl (C=O) groups is 2. The quantitative estimate of drug-likeness (QED) is 0.889. The maximum Gasteiger partial charge on any atom is 0.287 e. The van der Waals surface area contributed by atoms with Crippen molar-refractivity contribution in [2.75, 3.05) is 13.1 Å². The van der Waals surface area contributed by atoms with Crippen LogP contribution in [0, 0.1) is 0 Å². The summed E-state index contributed by atoms with van der Waals surface area (Å²) in [7, 11) is 0. The fourth-order valence-electron chi connectivity index (χ4n) is 1.70. The summed E-state index contributed by atoms with van der Waals surface area (Å²) >= 11 is 5.86. The van der Waals surface area contributed by atoms with Crippen LogP contribution in [-0.4, -0.2) is 24.9 Å². The third kappa shape index (κ3) is 3.51. The summed E-state index contributed by atoms with van der Waals surface area (Å²) in [6.45, 7) is 2.48. The number of nitrogens with one attached hydrogen (secondary N) is 2. The lowest BCUT2D eigenvalue weighted by Crippen LogP contribution is -2.37. The van der Waals surface area contributed by atoms with Crippen LogP contribution in [0.15, 0.2) is 28.7 Å². The molecule has 1 heterocycles. The predicted octanol–water partition coefficient (Wildman–Crippen LogP) is 2.34. The number of carbonyl (C=O) groups excluding carboxylic acids is 2. The zero-order chi connectivity index (χ0) is 14.5. The number of fused-ring (bicyclic) bond motifs is 1. The van der Waals surface area contributed by atoms with Crippen molar-refractivity contribution in [3.05, 3.63) is 35.0 Å². The van der Waals surface area contributed by atoms with Crippen LogP contribution in [0.2, 0.25) is 5.02 Å². The fraction of sp³-hybridized carbons (Fsp3) is 0.286. The van der Waals surface area contributed by atoms with Crippen LogP contribution in [0.25, 0.3) is 11.0 Å². The second kappa shape index (κ2) is 6.43. The Balaban J connectivity index is 1.99. The van der Waals surface area contributed by atoms with E-state index in [-0.39, 0.29) is 18.2 Å². The molecule has 106 valence electrons. The standard InChI is InChI=1S/C14H15ClN2O3/c1-2-5-16-13(18)8-17-14(19)12-7-9-6-10(15)3-4-11(9)20-12/h3-4,6-7H,2,5,8H2,1H3,(H,16,18)(H,17,19). The number of furan rings is 1. The molecule has 20 heavy (non-hydrogen) atoms. The number of rotatable bonds is 5. The minimum atomic E-state index is -0.427. The van der Waals surface area contributed by atoms with Crippen LogP contribution in [0.5, 0.6) is 0 Å². The lowest BCUT2D eigenvalue weighted by atomic mass is 10.2. The number of amides is 2. The summed E-state index contributed by atoms with van der Waals surface area (Å²) < 4.78 is 5.40. The van der Waals surface area contributed by atoms with Crippen LogP contribution >= 0.6 is 11.6 Å². The van der Waals surface area contributed by atoms with Gasteiger partial charge in [-0.25, -0.2) is 0 Å². The van der Waals surface area contributed by atoms with Crippen molar-refractivity contribution in [1.82, 2.24) is 10.6 Å². The predicted molar refractivity (Wildman–Crippen MR) is 76.9 cm³/mol. The largest absolute Gasteiger partial charge is 0.451 e. The van der Waals surface area contributed by atoms with E-state index in [1.54, 1.807) is 24.3 Å². The van der Waals surface area contributed by atoms with Crippen molar-refractivity contribution in [1.29, 1.82) is 0 Å². The highest BCUT2D eigenvalue weighted by molar-refractivity contribution is 6.31. The van der Waals surface area contributed by atoms with E-state index in [9.17, 15) is 9.59 Å². The Morgan fingerprint density at radius 1 is 1.25 bits per heavy atom. The molecule has 2 amide bonds. The first-order chi connectivity index (χ1) is 9.60. The van der Waals surface area contributed by atoms with Crippen LogP contribution in [0.1, 0.15) is 23.9 Å². The Morgan fingerprint density at radius 3 is 2.80 bits per heavy atom. The Hall–Kier alpha value is -2.01. The molecule has 0 bridgehead atoms. The summed E-state index contributed by atoms with van der Waals surface area (Å²) in [6, 6.07) is 6.70. The molecule has 5 nitrogen and oxygen atoms in total. The molecule has 2 rings (SSSR count). The summed E-state index contributed by atoms with van der Waals surface area (Å²) in [5.74, 6) is -0.492. The number of benzene rings is 1. The number of hydrogen-bond donors (Lipinski definition) is 2. The molecule has 0 spiro atoms. The topological polar surface area (TPSA) is 71.3 Å². The Kier molecular flexibility index (Phi) is 4.63. The molecule has 1 aromatic heterocycles. The van der Waals surface area contributed by atoms with Crippen LogP contribution < -0.4 is 10.6 Å². The first-order valence-corrected chi connectivity index (χ1v) is 6.72. The maximum atomic E-state index is 11.9. The summed E-state index contributed by atoms with van der Waals surface area (Å²) in [4.78, 5) is 23.2. The van der Waals surface area contributed by atoms with Crippen molar-refractivity contribution in [2.24, 2.45) is 0 Å². The first kappa shape index (κ1) is 14.4. The zero-order valence-electron chi connectivity index (χ0n) is 11.0. The van der Waals surface area contributed by atoms with E-state index in [1.807, 2.05) is 6.92 Å². The molecule has 0 fully saturated rings. The Morgan fingerprint density at radius 2 is 2.05 bits per heavy atom. The number of hydrogen-bond acceptors (Lipinski definition) is 3. The molecule has 0 saturated heterocycles. The highest BCUT2D eigenvalue weighted by Crippen LogP contribution is 2.22. The summed E-state index contributed by atoms with van der Waals surface area (Å²) in [5.41, 5.74) is 0.579. The normalized spacial score (nSPS) is 10.5. The van der Waals surface area contributed by atoms with E-state index in [0.717, 1.165) is 11.8 Å². The van der Waals surface area contributed by atoms with Gasteiger partial charge in [0.05, 0.1) is 6.54 Å². The molecule has 2 aromatic rings. The van der Waals surface area contributed by atoms with Gasteiger partial charge in [0.1, 0.15) is 5.58 Å². The highest BCUT2D eigenvalue weighted by Gasteiger charge is 2.13. The Bertz CT molecular complexity index is 636. The minimum Gasteiger partial charge on any atom is -0.451 e. The fourth-order valence-corrected chi connectivity index (χ4v) is 1.88. The highest BCUT2D eigenvalue weighted by atomic mass is 35.5. The van der Waals surface area contributed by atoms with Crippen molar-refractivity contribution in [3.63, 3.8) is 0 Å². The van der Waals surface area contributed by atoms with E-state index in [2.05, 4.69) is 10.6 Å². The monoisotopic (exact) mass is 294 g/mol. The van der Waals surface area contributed by atoms with Gasteiger partial charge in [-0.15, -0.1) is 0 Å². The molecule has 1 aromatic carbocycles. The second-order valence-electron chi connectivity index (χ2n) is 4.33. The van der Waals surface area contributed by atoms with E-state index in [0.29, 0.717) is 17.2 Å². The number of halogens is 1. The van der Waals surface area contributed by atoms with E-state index >= 15 is 0 Å². The molecule has 0 aliphatic carbocycles. The van der Waals surface area contributed by atoms with Gasteiger partial charge in [0, 0.05) is 17.0 Å². The molecule has 0 aliphatic heterocycles. The van der Waals surface area contributed by atoms with Crippen molar-refractivity contribution in [3.8, 4) is 0 Å². The summed E-state index contributed by atoms with van der Waals surface area (Å²) in [5, 5.41) is 6.50. The lowest BCUT2D eigenvalue weighted by Gasteiger charge is -2.04. The average molecular weight is 295 g/mol. The van der Waals surface area contributed by atoms with Gasteiger partial charge in [0.15, 0.2) is 5.76 Å². The molecule has 0 unspecified atom stereocenters. The zero-order valence-corrected chi connectivity index (χ0v) is 11.8. The third-order valence-corrected chi connectivity index (χ3v) is 2.92. The van der Waals surface area contributed by atoms with Crippen molar-refractivity contribution >= 4 is 34.4 Å². The van der Waals surface area contributed by atoms with E-state index in [1.165, 1.54) is 0 Å². The van der Waals surface area contributed by atoms with Gasteiger partial charge in [-0.2, -0.15) is 0 Å². The molecule has 0 atom stereocenters. The van der Waals surface area contributed by atoms with Crippen molar-refractivity contribution in [2.45, 2.75) is 13.3 Å². The molecule has 6 heteroatoms. The SMILES string of the molecule is CCCNC(=O)CNC(=O)c1cc2cc(Cl)ccc2o1. The maximum absolute atomic E-state index is 11.9. The van der Waals surface area contributed by atoms with Crippen LogP contribution in [0.4, 0.5) is 0 Å². The summed E-state index contributed by atoms with van der Waals surface area (Å²) in [6.07, 6.45) is 0.851. The smallest absolute Gasteiger partial charge is 0.287 e. The van der Waals surface area contributed by atoms with Gasteiger partial charge in [-0.3, -0.25) is 9.59 Å². The van der Waals surface area contributed by atoms with Crippen LogP contribution in [-0.2, 0) is 4.79 Å². The lowest BCUT2D eigenvalue weighted by molar-refractivity contribution is -0.120. The minimum absolute atomic E-state index is 0.0728. The molecule has 0 radical (unpaired) electrons. The average Bonchev–Trinajstić information content (AvgIpc) is 2.85. The molecule has 0 aliphatic rings. The van der Waals surface area contributed by atoms with Gasteiger partial charge in [0.25, 0.3) is 5.91 Å². The molecular formula is C14H15ClN2O3. The third-order valence-electron chi connectivity index (χ3n) is 2.68.